The van der Waals surface area contributed by atoms with E-state index in [0.29, 0.717) is 16.5 Å². The van der Waals surface area contributed by atoms with Crippen LogP contribution in [-0.4, -0.2) is 17.8 Å². The fourth-order valence-corrected chi connectivity index (χ4v) is 1.35. The first-order chi connectivity index (χ1) is 6.13. The molecule has 0 saturated heterocycles. The average molecular weight is 220 g/mol. The van der Waals surface area contributed by atoms with Crippen molar-refractivity contribution in [2.75, 3.05) is 6.61 Å². The Kier molecular flexibility index (Phi) is 4.00. The van der Waals surface area contributed by atoms with Crippen molar-refractivity contribution in [1.82, 2.24) is 0 Å². The van der Waals surface area contributed by atoms with Gasteiger partial charge in [-0.2, -0.15) is 0 Å². The molecule has 0 bridgehead atoms. The van der Waals surface area contributed by atoms with Crippen LogP contribution in [0.1, 0.15) is 5.56 Å². The Labute approximate surface area is 87.3 Å². The Morgan fingerprint density at radius 3 is 2.54 bits per heavy atom. The first-order valence-electron chi connectivity index (χ1n) is 3.94. The molecule has 1 aromatic rings. The molecule has 0 aliphatic rings. The van der Waals surface area contributed by atoms with Gasteiger partial charge in [-0.15, -0.1) is 0 Å². The summed E-state index contributed by atoms with van der Waals surface area (Å²) in [5.41, 5.74) is 6.55. The van der Waals surface area contributed by atoms with Crippen molar-refractivity contribution in [2.45, 2.75) is 12.5 Å². The third-order valence-corrected chi connectivity index (χ3v) is 2.46. The van der Waals surface area contributed by atoms with Crippen molar-refractivity contribution >= 4 is 23.2 Å². The number of benzene rings is 1. The Balaban J connectivity index is 2.73. The summed E-state index contributed by atoms with van der Waals surface area (Å²) in [6.45, 7) is -0.0275. The Hall–Kier alpha value is -0.280. The van der Waals surface area contributed by atoms with Crippen molar-refractivity contribution in [1.29, 1.82) is 0 Å². The molecule has 2 nitrogen and oxygen atoms in total. The summed E-state index contributed by atoms with van der Waals surface area (Å²) < 4.78 is 0. The highest BCUT2D eigenvalue weighted by atomic mass is 35.5. The van der Waals surface area contributed by atoms with Gasteiger partial charge in [0.2, 0.25) is 0 Å². The molecular weight excluding hydrogens is 209 g/mol. The van der Waals surface area contributed by atoms with Crippen LogP contribution in [0.3, 0.4) is 0 Å². The second-order valence-electron chi connectivity index (χ2n) is 2.90. The SMILES string of the molecule is NC(CO)Cc1ccc(Cl)c(Cl)c1. The average Bonchev–Trinajstić information content (AvgIpc) is 2.11. The number of aliphatic hydroxyl groups excluding tert-OH is 1. The normalized spacial score (nSPS) is 12.9. The molecule has 0 aliphatic carbocycles. The first kappa shape index (κ1) is 10.8. The topological polar surface area (TPSA) is 46.2 Å². The summed E-state index contributed by atoms with van der Waals surface area (Å²) in [5.74, 6) is 0. The van der Waals surface area contributed by atoms with Crippen molar-refractivity contribution in [2.24, 2.45) is 5.73 Å². The third kappa shape index (κ3) is 3.16. The van der Waals surface area contributed by atoms with E-state index >= 15 is 0 Å². The maximum atomic E-state index is 8.74. The van der Waals surface area contributed by atoms with Gasteiger partial charge in [0.15, 0.2) is 0 Å². The second-order valence-corrected chi connectivity index (χ2v) is 3.71. The minimum Gasteiger partial charge on any atom is -0.395 e. The molecule has 3 N–H and O–H groups in total. The number of hydrogen-bond acceptors (Lipinski definition) is 2. The fourth-order valence-electron chi connectivity index (χ4n) is 1.03. The zero-order valence-electron chi connectivity index (χ0n) is 7.00. The molecular formula is C9H11Cl2NO. The van der Waals surface area contributed by atoms with E-state index in [1.165, 1.54) is 0 Å². The Morgan fingerprint density at radius 2 is 2.00 bits per heavy atom. The summed E-state index contributed by atoms with van der Waals surface area (Å²) in [4.78, 5) is 0. The molecule has 72 valence electrons. The van der Waals surface area contributed by atoms with Crippen LogP contribution in [0.15, 0.2) is 18.2 Å². The number of nitrogens with two attached hydrogens (primary N) is 1. The summed E-state index contributed by atoms with van der Waals surface area (Å²) in [7, 11) is 0. The molecule has 0 heterocycles. The number of aliphatic hydroxyl groups is 1. The molecule has 0 aromatic heterocycles. The largest absolute Gasteiger partial charge is 0.395 e. The minimum absolute atomic E-state index is 0.0275. The molecule has 1 rings (SSSR count). The maximum Gasteiger partial charge on any atom is 0.0595 e. The van der Waals surface area contributed by atoms with Gasteiger partial charge in [0.1, 0.15) is 0 Å². The minimum atomic E-state index is -0.239. The molecule has 0 saturated carbocycles. The van der Waals surface area contributed by atoms with Crippen LogP contribution < -0.4 is 5.73 Å². The van der Waals surface area contributed by atoms with E-state index in [1.54, 1.807) is 12.1 Å². The third-order valence-electron chi connectivity index (χ3n) is 1.72. The van der Waals surface area contributed by atoms with Crippen LogP contribution in [0.25, 0.3) is 0 Å². The van der Waals surface area contributed by atoms with E-state index in [-0.39, 0.29) is 12.6 Å². The summed E-state index contributed by atoms with van der Waals surface area (Å²) in [5, 5.41) is 9.78. The molecule has 0 spiro atoms. The molecule has 1 aromatic carbocycles. The van der Waals surface area contributed by atoms with Crippen LogP contribution in [0.5, 0.6) is 0 Å². The van der Waals surface area contributed by atoms with E-state index in [4.69, 9.17) is 34.0 Å². The molecule has 13 heavy (non-hydrogen) atoms. The molecule has 1 unspecified atom stereocenters. The van der Waals surface area contributed by atoms with E-state index in [0.717, 1.165) is 5.56 Å². The van der Waals surface area contributed by atoms with Gasteiger partial charge in [0, 0.05) is 6.04 Å². The van der Waals surface area contributed by atoms with Crippen LogP contribution in [0, 0.1) is 0 Å². The molecule has 1 atom stereocenters. The molecule has 0 radical (unpaired) electrons. The van der Waals surface area contributed by atoms with Gasteiger partial charge in [-0.05, 0) is 24.1 Å². The van der Waals surface area contributed by atoms with Gasteiger partial charge >= 0.3 is 0 Å². The van der Waals surface area contributed by atoms with Crippen LogP contribution in [-0.2, 0) is 6.42 Å². The van der Waals surface area contributed by atoms with Gasteiger partial charge in [0.05, 0.1) is 16.7 Å². The van der Waals surface area contributed by atoms with E-state index in [9.17, 15) is 0 Å². The lowest BCUT2D eigenvalue weighted by molar-refractivity contribution is 0.265. The summed E-state index contributed by atoms with van der Waals surface area (Å²) in [6, 6.07) is 5.10. The Bertz CT molecular complexity index is 291. The maximum absolute atomic E-state index is 8.74. The van der Waals surface area contributed by atoms with Crippen LogP contribution >= 0.6 is 23.2 Å². The molecule has 0 aliphatic heterocycles. The monoisotopic (exact) mass is 219 g/mol. The van der Waals surface area contributed by atoms with Gasteiger partial charge < -0.3 is 10.8 Å². The smallest absolute Gasteiger partial charge is 0.0595 e. The highest BCUT2D eigenvalue weighted by Gasteiger charge is 2.04. The lowest BCUT2D eigenvalue weighted by Gasteiger charge is -2.08. The van der Waals surface area contributed by atoms with Gasteiger partial charge in [-0.1, -0.05) is 29.3 Å². The van der Waals surface area contributed by atoms with Crippen molar-refractivity contribution < 1.29 is 5.11 Å². The molecule has 0 amide bonds. The summed E-state index contributed by atoms with van der Waals surface area (Å²) in [6.07, 6.45) is 0.605. The van der Waals surface area contributed by atoms with E-state index in [1.807, 2.05) is 6.07 Å². The quantitative estimate of drug-likeness (QED) is 0.816. The van der Waals surface area contributed by atoms with Crippen molar-refractivity contribution in [3.8, 4) is 0 Å². The number of halogens is 2. The van der Waals surface area contributed by atoms with Crippen LogP contribution in [0.2, 0.25) is 10.0 Å². The van der Waals surface area contributed by atoms with Crippen molar-refractivity contribution in [3.63, 3.8) is 0 Å². The standard InChI is InChI=1S/C9H11Cl2NO/c10-8-2-1-6(4-9(8)11)3-7(12)5-13/h1-2,4,7,13H,3,5,12H2. The number of hydrogen-bond donors (Lipinski definition) is 2. The van der Waals surface area contributed by atoms with E-state index < -0.39 is 0 Å². The van der Waals surface area contributed by atoms with Gasteiger partial charge in [-0.3, -0.25) is 0 Å². The Morgan fingerprint density at radius 1 is 1.31 bits per heavy atom. The van der Waals surface area contributed by atoms with Crippen molar-refractivity contribution in [3.05, 3.63) is 33.8 Å². The van der Waals surface area contributed by atoms with Crippen LogP contribution in [0.4, 0.5) is 0 Å². The highest BCUT2D eigenvalue weighted by molar-refractivity contribution is 6.42. The summed E-state index contributed by atoms with van der Waals surface area (Å²) >= 11 is 11.5. The lowest BCUT2D eigenvalue weighted by Crippen LogP contribution is -2.26. The zero-order chi connectivity index (χ0) is 9.84. The lowest BCUT2D eigenvalue weighted by atomic mass is 10.1. The molecule has 0 fully saturated rings. The second kappa shape index (κ2) is 4.82. The number of rotatable bonds is 3. The zero-order valence-corrected chi connectivity index (χ0v) is 8.52. The highest BCUT2D eigenvalue weighted by Crippen LogP contribution is 2.22. The van der Waals surface area contributed by atoms with E-state index in [2.05, 4.69) is 0 Å². The van der Waals surface area contributed by atoms with Gasteiger partial charge in [-0.25, -0.2) is 0 Å². The predicted molar refractivity (Wildman–Crippen MR) is 55.2 cm³/mol. The van der Waals surface area contributed by atoms with Gasteiger partial charge in [0.25, 0.3) is 0 Å². The molecule has 4 heteroatoms. The predicted octanol–water partition coefficient (Wildman–Crippen LogP) is 1.86. The fraction of sp³-hybridized carbons (Fsp3) is 0.333. The first-order valence-corrected chi connectivity index (χ1v) is 4.69.